The van der Waals surface area contributed by atoms with Crippen molar-refractivity contribution in [3.63, 3.8) is 0 Å². The summed E-state index contributed by atoms with van der Waals surface area (Å²) in [5, 5.41) is 7.59. The molecule has 1 aliphatic rings. The SMILES string of the molecule is CNc1c2c(nn1C)CN(C)C2. The average molecular weight is 166 g/mol. The van der Waals surface area contributed by atoms with Gasteiger partial charge in [0.2, 0.25) is 0 Å². The van der Waals surface area contributed by atoms with Crippen molar-refractivity contribution in [2.24, 2.45) is 7.05 Å². The van der Waals surface area contributed by atoms with Crippen molar-refractivity contribution in [1.82, 2.24) is 14.7 Å². The van der Waals surface area contributed by atoms with Gasteiger partial charge in [0.05, 0.1) is 5.69 Å². The van der Waals surface area contributed by atoms with E-state index in [4.69, 9.17) is 0 Å². The van der Waals surface area contributed by atoms with Crippen LogP contribution < -0.4 is 5.32 Å². The number of nitrogens with one attached hydrogen (secondary N) is 1. The summed E-state index contributed by atoms with van der Waals surface area (Å²) in [6.07, 6.45) is 0. The summed E-state index contributed by atoms with van der Waals surface area (Å²) in [5.41, 5.74) is 2.56. The molecule has 2 heterocycles. The Morgan fingerprint density at radius 2 is 2.08 bits per heavy atom. The lowest BCUT2D eigenvalue weighted by Crippen LogP contribution is -2.11. The van der Waals surface area contributed by atoms with Gasteiger partial charge in [-0.15, -0.1) is 0 Å². The molecule has 1 aromatic heterocycles. The largest absolute Gasteiger partial charge is 0.373 e. The summed E-state index contributed by atoms with van der Waals surface area (Å²) in [4.78, 5) is 2.26. The molecule has 0 saturated heterocycles. The van der Waals surface area contributed by atoms with Gasteiger partial charge in [-0.25, -0.2) is 0 Å². The van der Waals surface area contributed by atoms with Gasteiger partial charge in [0, 0.05) is 32.7 Å². The van der Waals surface area contributed by atoms with Crippen LogP contribution in [0.15, 0.2) is 0 Å². The fourth-order valence-corrected chi connectivity index (χ4v) is 1.81. The van der Waals surface area contributed by atoms with Gasteiger partial charge < -0.3 is 5.32 Å². The quantitative estimate of drug-likeness (QED) is 0.656. The lowest BCUT2D eigenvalue weighted by Gasteiger charge is -2.07. The van der Waals surface area contributed by atoms with E-state index in [0.29, 0.717) is 0 Å². The summed E-state index contributed by atoms with van der Waals surface area (Å²) >= 11 is 0. The minimum absolute atomic E-state index is 0.977. The molecule has 0 bridgehead atoms. The highest BCUT2D eigenvalue weighted by Crippen LogP contribution is 2.26. The zero-order valence-corrected chi connectivity index (χ0v) is 7.76. The van der Waals surface area contributed by atoms with E-state index in [1.54, 1.807) is 0 Å². The van der Waals surface area contributed by atoms with Crippen LogP contribution in [-0.2, 0) is 20.1 Å². The lowest BCUT2D eigenvalue weighted by atomic mass is 10.3. The van der Waals surface area contributed by atoms with Gasteiger partial charge in [-0.1, -0.05) is 0 Å². The van der Waals surface area contributed by atoms with Crippen LogP contribution in [-0.4, -0.2) is 28.8 Å². The number of rotatable bonds is 1. The first-order chi connectivity index (χ1) is 5.72. The van der Waals surface area contributed by atoms with Crippen LogP contribution in [0.25, 0.3) is 0 Å². The van der Waals surface area contributed by atoms with Crippen LogP contribution in [0.5, 0.6) is 0 Å². The summed E-state index contributed by atoms with van der Waals surface area (Å²) in [6, 6.07) is 0. The van der Waals surface area contributed by atoms with Gasteiger partial charge in [0.25, 0.3) is 0 Å². The van der Waals surface area contributed by atoms with E-state index >= 15 is 0 Å². The Labute approximate surface area is 72.2 Å². The maximum atomic E-state index is 4.42. The number of fused-ring (bicyclic) bond motifs is 1. The summed E-state index contributed by atoms with van der Waals surface area (Å²) in [7, 11) is 6.03. The van der Waals surface area contributed by atoms with E-state index in [2.05, 4.69) is 22.4 Å². The molecule has 0 radical (unpaired) electrons. The number of hydrogen-bond donors (Lipinski definition) is 1. The van der Waals surface area contributed by atoms with Gasteiger partial charge in [0.1, 0.15) is 5.82 Å². The van der Waals surface area contributed by atoms with E-state index in [1.807, 2.05) is 18.8 Å². The number of nitrogens with zero attached hydrogens (tertiary/aromatic N) is 3. The summed E-state index contributed by atoms with van der Waals surface area (Å²) in [5.74, 6) is 1.15. The van der Waals surface area contributed by atoms with Crippen molar-refractivity contribution in [3.8, 4) is 0 Å². The highest BCUT2D eigenvalue weighted by molar-refractivity contribution is 5.48. The van der Waals surface area contributed by atoms with E-state index in [1.165, 1.54) is 11.3 Å². The van der Waals surface area contributed by atoms with E-state index < -0.39 is 0 Å². The molecule has 1 aromatic rings. The van der Waals surface area contributed by atoms with Crippen molar-refractivity contribution in [2.75, 3.05) is 19.4 Å². The maximum Gasteiger partial charge on any atom is 0.128 e. The second kappa shape index (κ2) is 2.48. The van der Waals surface area contributed by atoms with Gasteiger partial charge in [-0.3, -0.25) is 9.58 Å². The zero-order valence-electron chi connectivity index (χ0n) is 7.76. The van der Waals surface area contributed by atoms with Crippen molar-refractivity contribution < 1.29 is 0 Å². The fourth-order valence-electron chi connectivity index (χ4n) is 1.81. The predicted octanol–water partition coefficient (Wildman–Crippen LogP) is 0.407. The van der Waals surface area contributed by atoms with Crippen molar-refractivity contribution in [1.29, 1.82) is 0 Å². The van der Waals surface area contributed by atoms with Crippen molar-refractivity contribution >= 4 is 5.82 Å². The predicted molar refractivity (Wildman–Crippen MR) is 47.9 cm³/mol. The molecule has 0 aromatic carbocycles. The first-order valence-corrected chi connectivity index (χ1v) is 4.13. The third-order valence-corrected chi connectivity index (χ3v) is 2.31. The summed E-state index contributed by atoms with van der Waals surface area (Å²) < 4.78 is 1.91. The van der Waals surface area contributed by atoms with Crippen molar-refractivity contribution in [2.45, 2.75) is 13.1 Å². The highest BCUT2D eigenvalue weighted by Gasteiger charge is 2.23. The third-order valence-electron chi connectivity index (χ3n) is 2.31. The van der Waals surface area contributed by atoms with Crippen LogP contribution in [0.3, 0.4) is 0 Å². The van der Waals surface area contributed by atoms with Crippen LogP contribution in [0.2, 0.25) is 0 Å². The normalized spacial score (nSPS) is 16.6. The molecular weight excluding hydrogens is 152 g/mol. The fraction of sp³-hybridized carbons (Fsp3) is 0.625. The molecule has 0 saturated carbocycles. The average Bonchev–Trinajstić information content (AvgIpc) is 2.43. The van der Waals surface area contributed by atoms with Gasteiger partial charge in [0.15, 0.2) is 0 Å². The standard InChI is InChI=1S/C8H14N4/c1-9-8-6-4-11(2)5-7(6)10-12(8)3/h9H,4-5H2,1-3H3. The Morgan fingerprint density at radius 1 is 1.33 bits per heavy atom. The molecule has 0 amide bonds. The molecule has 1 aliphatic heterocycles. The topological polar surface area (TPSA) is 33.1 Å². The highest BCUT2D eigenvalue weighted by atomic mass is 15.3. The number of aromatic nitrogens is 2. The van der Waals surface area contributed by atoms with Gasteiger partial charge in [-0.2, -0.15) is 5.10 Å². The summed E-state index contributed by atoms with van der Waals surface area (Å²) in [6.45, 7) is 1.99. The Kier molecular flexibility index (Phi) is 1.58. The van der Waals surface area contributed by atoms with Crippen LogP contribution in [0.1, 0.15) is 11.3 Å². The third kappa shape index (κ3) is 0.914. The van der Waals surface area contributed by atoms with E-state index in [9.17, 15) is 0 Å². The molecule has 0 atom stereocenters. The first-order valence-electron chi connectivity index (χ1n) is 4.13. The van der Waals surface area contributed by atoms with Crippen LogP contribution >= 0.6 is 0 Å². The molecule has 4 heteroatoms. The Hall–Kier alpha value is -1.03. The molecule has 0 spiro atoms. The molecule has 12 heavy (non-hydrogen) atoms. The maximum absolute atomic E-state index is 4.42. The molecule has 66 valence electrons. The molecule has 2 rings (SSSR count). The molecule has 0 unspecified atom stereocenters. The number of aryl methyl sites for hydroxylation is 1. The molecule has 1 N–H and O–H groups in total. The number of anilines is 1. The Bertz CT molecular complexity index is 302. The minimum atomic E-state index is 0.977. The molecular formula is C8H14N4. The number of hydrogen-bond acceptors (Lipinski definition) is 3. The van der Waals surface area contributed by atoms with E-state index in [0.717, 1.165) is 18.9 Å². The van der Waals surface area contributed by atoms with Gasteiger partial charge >= 0.3 is 0 Å². The zero-order chi connectivity index (χ0) is 8.72. The molecule has 4 nitrogen and oxygen atoms in total. The second-order valence-electron chi connectivity index (χ2n) is 3.32. The van der Waals surface area contributed by atoms with E-state index in [-0.39, 0.29) is 0 Å². The Balaban J connectivity index is 2.44. The second-order valence-corrected chi connectivity index (χ2v) is 3.32. The van der Waals surface area contributed by atoms with Crippen LogP contribution in [0.4, 0.5) is 5.82 Å². The Morgan fingerprint density at radius 3 is 2.75 bits per heavy atom. The van der Waals surface area contributed by atoms with Gasteiger partial charge in [-0.05, 0) is 7.05 Å². The lowest BCUT2D eigenvalue weighted by molar-refractivity contribution is 0.347. The monoisotopic (exact) mass is 166 g/mol. The first kappa shape index (κ1) is 7.61. The molecule has 0 aliphatic carbocycles. The smallest absolute Gasteiger partial charge is 0.128 e. The molecule has 0 fully saturated rings. The van der Waals surface area contributed by atoms with Crippen LogP contribution in [0, 0.1) is 0 Å². The minimum Gasteiger partial charge on any atom is -0.373 e. The van der Waals surface area contributed by atoms with Crippen molar-refractivity contribution in [3.05, 3.63) is 11.3 Å².